The molecule has 0 aliphatic carbocycles. The molecule has 0 saturated carbocycles. The quantitative estimate of drug-likeness (QED) is 0.531. The van der Waals surface area contributed by atoms with E-state index in [0.717, 1.165) is 25.7 Å². The molecule has 1 aromatic rings. The molecule has 1 aromatic carbocycles. The summed E-state index contributed by atoms with van der Waals surface area (Å²) in [5, 5.41) is 0. The van der Waals surface area contributed by atoms with Gasteiger partial charge in [0, 0.05) is 0 Å². The molecule has 0 bridgehead atoms. The first-order valence-electron chi connectivity index (χ1n) is 7.13. The van der Waals surface area contributed by atoms with Crippen molar-refractivity contribution in [1.29, 1.82) is 0 Å². The van der Waals surface area contributed by atoms with Gasteiger partial charge in [-0.3, -0.25) is 0 Å². The molecule has 0 aliphatic heterocycles. The first-order valence-corrected chi connectivity index (χ1v) is 7.13. The summed E-state index contributed by atoms with van der Waals surface area (Å²) >= 11 is 0. The second kappa shape index (κ2) is 10.9. The van der Waals surface area contributed by atoms with Crippen LogP contribution in [-0.2, 0) is 9.47 Å². The Balaban J connectivity index is 0.00000400. The molecule has 21 heavy (non-hydrogen) atoms. The van der Waals surface area contributed by atoms with Crippen LogP contribution in [0.25, 0.3) is 0 Å². The fraction of sp³-hybridized carbons (Fsp3) is 0.529. The van der Waals surface area contributed by atoms with Crippen LogP contribution in [0.3, 0.4) is 0 Å². The van der Waals surface area contributed by atoms with Crippen LogP contribution in [0, 0.1) is 0 Å². The van der Waals surface area contributed by atoms with Crippen LogP contribution in [0.4, 0.5) is 0 Å². The number of unbranched alkanes of at least 4 members (excludes halogenated alkanes) is 2. The fourth-order valence-electron chi connectivity index (χ4n) is 1.53. The zero-order chi connectivity index (χ0) is 14.8. The molecule has 0 heterocycles. The number of carbonyl (C=O) groups excluding carboxylic acids is 2. The van der Waals surface area contributed by atoms with E-state index >= 15 is 0 Å². The van der Waals surface area contributed by atoms with E-state index in [4.69, 9.17) is 9.47 Å². The Hall–Kier alpha value is -1.84. The number of benzene rings is 1. The van der Waals surface area contributed by atoms with Crippen molar-refractivity contribution in [2.75, 3.05) is 13.2 Å². The van der Waals surface area contributed by atoms with E-state index in [9.17, 15) is 9.59 Å². The third kappa shape index (κ3) is 6.93. The lowest BCUT2D eigenvalue weighted by atomic mass is 10.1. The van der Waals surface area contributed by atoms with E-state index < -0.39 is 0 Å². The average Bonchev–Trinajstić information content (AvgIpc) is 2.47. The lowest BCUT2D eigenvalue weighted by Gasteiger charge is -2.06. The third-order valence-corrected chi connectivity index (χ3v) is 2.82. The van der Waals surface area contributed by atoms with E-state index in [1.54, 1.807) is 24.3 Å². The van der Waals surface area contributed by atoms with Gasteiger partial charge in [-0.15, -0.1) is 0 Å². The van der Waals surface area contributed by atoms with Crippen LogP contribution in [-0.4, -0.2) is 25.2 Å². The number of esters is 2. The van der Waals surface area contributed by atoms with Gasteiger partial charge in [0.15, 0.2) is 0 Å². The van der Waals surface area contributed by atoms with E-state index in [-0.39, 0.29) is 19.4 Å². The Morgan fingerprint density at radius 3 is 1.43 bits per heavy atom. The fourth-order valence-corrected chi connectivity index (χ4v) is 1.53. The summed E-state index contributed by atoms with van der Waals surface area (Å²) in [6.07, 6.45) is 3.67. The van der Waals surface area contributed by atoms with E-state index in [1.807, 2.05) is 13.8 Å². The molecule has 4 nitrogen and oxygen atoms in total. The minimum atomic E-state index is -0.357. The molecule has 0 unspecified atom stereocenters. The van der Waals surface area contributed by atoms with Gasteiger partial charge in [-0.1, -0.05) is 34.1 Å². The molecule has 0 N–H and O–H groups in total. The molecule has 0 amide bonds. The van der Waals surface area contributed by atoms with E-state index in [2.05, 4.69) is 0 Å². The lowest BCUT2D eigenvalue weighted by Crippen LogP contribution is -2.09. The van der Waals surface area contributed by atoms with Crippen LogP contribution in [0.1, 0.15) is 67.7 Å². The molecule has 0 atom stereocenters. The van der Waals surface area contributed by atoms with Crippen LogP contribution in [0.2, 0.25) is 0 Å². The minimum Gasteiger partial charge on any atom is -0.462 e. The third-order valence-electron chi connectivity index (χ3n) is 2.82. The normalized spacial score (nSPS) is 9.62. The van der Waals surface area contributed by atoms with Crippen LogP contribution in [0.15, 0.2) is 24.3 Å². The average molecular weight is 294 g/mol. The molecular formula is C17H26O4. The Morgan fingerprint density at radius 2 is 1.14 bits per heavy atom. The van der Waals surface area contributed by atoms with Crippen molar-refractivity contribution in [2.24, 2.45) is 0 Å². The molecule has 118 valence electrons. The molecule has 1 rings (SSSR count). The topological polar surface area (TPSA) is 52.6 Å². The van der Waals surface area contributed by atoms with Crippen molar-refractivity contribution in [3.8, 4) is 0 Å². The van der Waals surface area contributed by atoms with Crippen molar-refractivity contribution in [2.45, 2.75) is 47.0 Å². The van der Waals surface area contributed by atoms with Gasteiger partial charge >= 0.3 is 11.9 Å². The number of hydrogen-bond acceptors (Lipinski definition) is 4. The highest BCUT2D eigenvalue weighted by Gasteiger charge is 2.10. The summed E-state index contributed by atoms with van der Waals surface area (Å²) in [6.45, 7) is 4.92. The highest BCUT2D eigenvalue weighted by atomic mass is 16.5. The van der Waals surface area contributed by atoms with Crippen molar-refractivity contribution in [1.82, 2.24) is 0 Å². The molecule has 0 fully saturated rings. The number of rotatable bonds is 8. The van der Waals surface area contributed by atoms with Crippen LogP contribution >= 0.6 is 0 Å². The zero-order valence-corrected chi connectivity index (χ0v) is 12.2. The predicted molar refractivity (Wildman–Crippen MR) is 83.6 cm³/mol. The SMILES string of the molecule is C.CCCCOC(=O)c1ccc(C(=O)OCCCC)cc1. The van der Waals surface area contributed by atoms with E-state index in [0.29, 0.717) is 24.3 Å². The van der Waals surface area contributed by atoms with Gasteiger partial charge in [0.05, 0.1) is 24.3 Å². The van der Waals surface area contributed by atoms with Crippen molar-refractivity contribution in [3.05, 3.63) is 35.4 Å². The molecule has 0 aliphatic rings. The van der Waals surface area contributed by atoms with Gasteiger partial charge in [0.2, 0.25) is 0 Å². The molecular weight excluding hydrogens is 268 g/mol. The monoisotopic (exact) mass is 294 g/mol. The first-order chi connectivity index (χ1) is 9.69. The Bertz CT molecular complexity index is 382. The summed E-state index contributed by atoms with van der Waals surface area (Å²) in [7, 11) is 0. The van der Waals surface area contributed by atoms with Gasteiger partial charge in [0.25, 0.3) is 0 Å². The van der Waals surface area contributed by atoms with Crippen LogP contribution in [0.5, 0.6) is 0 Å². The smallest absolute Gasteiger partial charge is 0.338 e. The molecule has 0 aromatic heterocycles. The first kappa shape index (κ1) is 19.2. The Kier molecular flexibility index (Phi) is 9.94. The summed E-state index contributed by atoms with van der Waals surface area (Å²) in [5.41, 5.74) is 0.900. The number of hydrogen-bond donors (Lipinski definition) is 0. The predicted octanol–water partition coefficient (Wildman–Crippen LogP) is 4.24. The molecule has 0 radical (unpaired) electrons. The Labute approximate surface area is 127 Å². The van der Waals surface area contributed by atoms with E-state index in [1.165, 1.54) is 0 Å². The summed E-state index contributed by atoms with van der Waals surface area (Å²) < 4.78 is 10.2. The zero-order valence-electron chi connectivity index (χ0n) is 12.2. The summed E-state index contributed by atoms with van der Waals surface area (Å²) in [5.74, 6) is -0.714. The number of ether oxygens (including phenoxy) is 2. The van der Waals surface area contributed by atoms with Gasteiger partial charge in [0.1, 0.15) is 0 Å². The second-order valence-corrected chi connectivity index (χ2v) is 4.56. The summed E-state index contributed by atoms with van der Waals surface area (Å²) in [6, 6.07) is 6.35. The maximum atomic E-state index is 11.7. The second-order valence-electron chi connectivity index (χ2n) is 4.56. The van der Waals surface area contributed by atoms with Gasteiger partial charge in [-0.2, -0.15) is 0 Å². The van der Waals surface area contributed by atoms with Gasteiger partial charge in [-0.25, -0.2) is 9.59 Å². The van der Waals surface area contributed by atoms with Crippen LogP contribution < -0.4 is 0 Å². The van der Waals surface area contributed by atoms with Gasteiger partial charge < -0.3 is 9.47 Å². The summed E-state index contributed by atoms with van der Waals surface area (Å²) in [4.78, 5) is 23.3. The standard InChI is InChI=1S/C16H22O4.CH4/c1-3-5-11-19-15(17)13-7-9-14(10-8-13)16(18)20-12-6-4-2;/h7-10H,3-6,11-12H2,1-2H3;1H4. The molecule has 0 saturated heterocycles. The Morgan fingerprint density at radius 1 is 0.810 bits per heavy atom. The lowest BCUT2D eigenvalue weighted by molar-refractivity contribution is 0.0485. The minimum absolute atomic E-state index is 0. The largest absolute Gasteiger partial charge is 0.462 e. The molecule has 0 spiro atoms. The maximum Gasteiger partial charge on any atom is 0.338 e. The van der Waals surface area contributed by atoms with Crippen molar-refractivity contribution >= 4 is 11.9 Å². The highest BCUT2D eigenvalue weighted by molar-refractivity contribution is 5.93. The highest BCUT2D eigenvalue weighted by Crippen LogP contribution is 2.08. The maximum absolute atomic E-state index is 11.7. The number of carbonyl (C=O) groups is 2. The van der Waals surface area contributed by atoms with Crippen molar-refractivity contribution in [3.63, 3.8) is 0 Å². The molecule has 4 heteroatoms. The van der Waals surface area contributed by atoms with Gasteiger partial charge in [-0.05, 0) is 37.1 Å². The van der Waals surface area contributed by atoms with Crippen molar-refractivity contribution < 1.29 is 19.1 Å².